The molecule has 0 bridgehead atoms. The smallest absolute Gasteiger partial charge is 0.348 e. The number of carbonyl (C=O) groups excluding carboxylic acids is 2. The van der Waals surface area contributed by atoms with Crippen LogP contribution < -0.4 is 10.1 Å². The van der Waals surface area contributed by atoms with Crippen LogP contribution >= 0.6 is 11.6 Å². The highest BCUT2D eigenvalue weighted by molar-refractivity contribution is 7.89. The second-order valence-electron chi connectivity index (χ2n) is 7.40. The van der Waals surface area contributed by atoms with E-state index in [2.05, 4.69) is 5.32 Å². The van der Waals surface area contributed by atoms with Crippen molar-refractivity contribution in [3.05, 3.63) is 52.5 Å². The fourth-order valence-corrected chi connectivity index (χ4v) is 4.12. The van der Waals surface area contributed by atoms with Gasteiger partial charge in [-0.05, 0) is 55.3 Å². The molecule has 3 rings (SSSR count). The van der Waals surface area contributed by atoms with Crippen molar-refractivity contribution in [2.75, 3.05) is 19.4 Å². The van der Waals surface area contributed by atoms with Crippen molar-refractivity contribution in [1.29, 1.82) is 0 Å². The molecule has 1 amide bonds. The Morgan fingerprint density at radius 1 is 1.23 bits per heavy atom. The Bertz CT molecular complexity index is 1130. The molecule has 0 saturated carbocycles. The lowest BCUT2D eigenvalue weighted by molar-refractivity contribution is -0.159. The maximum absolute atomic E-state index is 12.6. The summed E-state index contributed by atoms with van der Waals surface area (Å²) in [5.74, 6) is -0.706. The van der Waals surface area contributed by atoms with Crippen LogP contribution in [-0.2, 0) is 30.8 Å². The van der Waals surface area contributed by atoms with Crippen molar-refractivity contribution in [3.63, 3.8) is 0 Å². The van der Waals surface area contributed by atoms with Gasteiger partial charge in [-0.3, -0.25) is 4.79 Å². The van der Waals surface area contributed by atoms with Crippen LogP contribution in [0.1, 0.15) is 18.1 Å². The lowest BCUT2D eigenvalue weighted by Gasteiger charge is -2.18. The predicted molar refractivity (Wildman–Crippen MR) is 116 cm³/mol. The summed E-state index contributed by atoms with van der Waals surface area (Å²) in [7, 11) is -0.815. The van der Waals surface area contributed by atoms with Crippen LogP contribution in [0.5, 0.6) is 5.75 Å². The van der Waals surface area contributed by atoms with Gasteiger partial charge in [0.15, 0.2) is 12.2 Å². The van der Waals surface area contributed by atoms with Crippen molar-refractivity contribution in [1.82, 2.24) is 4.31 Å². The summed E-state index contributed by atoms with van der Waals surface area (Å²) in [6, 6.07) is 9.49. The Morgan fingerprint density at radius 2 is 1.94 bits per heavy atom. The highest BCUT2D eigenvalue weighted by Crippen LogP contribution is 2.31. The number of nitrogens with one attached hydrogen (secondary N) is 1. The largest absolute Gasteiger partial charge is 0.478 e. The number of ether oxygens (including phenoxy) is 2. The van der Waals surface area contributed by atoms with E-state index in [0.29, 0.717) is 28.4 Å². The highest BCUT2D eigenvalue weighted by atomic mass is 35.5. The summed E-state index contributed by atoms with van der Waals surface area (Å²) in [6.07, 6.45) is -1.68. The molecule has 1 aliphatic rings. The van der Waals surface area contributed by atoms with E-state index in [1.54, 1.807) is 31.2 Å². The maximum Gasteiger partial charge on any atom is 0.348 e. The van der Waals surface area contributed by atoms with E-state index in [-0.39, 0.29) is 4.90 Å². The first-order valence-corrected chi connectivity index (χ1v) is 11.3. The molecule has 0 radical (unpaired) electrons. The Labute approximate surface area is 186 Å². The minimum atomic E-state index is -3.66. The van der Waals surface area contributed by atoms with Gasteiger partial charge in [0, 0.05) is 31.2 Å². The van der Waals surface area contributed by atoms with Crippen molar-refractivity contribution in [2.24, 2.45) is 0 Å². The molecule has 2 atom stereocenters. The summed E-state index contributed by atoms with van der Waals surface area (Å²) in [6.45, 7) is 3.16. The third-order valence-corrected chi connectivity index (χ3v) is 6.91. The number of anilines is 1. The number of aryl methyl sites for hydroxylation is 1. The molecule has 0 aliphatic carbocycles. The summed E-state index contributed by atoms with van der Waals surface area (Å²) in [4.78, 5) is 25.1. The molecule has 1 aliphatic heterocycles. The maximum atomic E-state index is 12.6. The number of nitrogens with zero attached hydrogens (tertiary/aromatic N) is 1. The molecule has 0 saturated heterocycles. The van der Waals surface area contributed by atoms with E-state index in [9.17, 15) is 18.0 Å². The van der Waals surface area contributed by atoms with Gasteiger partial charge >= 0.3 is 5.97 Å². The van der Waals surface area contributed by atoms with Crippen LogP contribution in [0.4, 0.5) is 5.69 Å². The molecule has 0 spiro atoms. The van der Waals surface area contributed by atoms with Gasteiger partial charge in [0.05, 0.1) is 4.90 Å². The molecule has 1 heterocycles. The molecule has 166 valence electrons. The number of amides is 1. The van der Waals surface area contributed by atoms with Crippen LogP contribution in [0, 0.1) is 6.92 Å². The minimum Gasteiger partial charge on any atom is -0.478 e. The number of sulfonamides is 1. The lowest BCUT2D eigenvalue weighted by Crippen LogP contribution is -2.36. The molecule has 2 aromatic rings. The van der Waals surface area contributed by atoms with E-state index >= 15 is 0 Å². The van der Waals surface area contributed by atoms with E-state index in [1.165, 1.54) is 33.2 Å². The molecule has 10 heteroatoms. The number of hydrogen-bond acceptors (Lipinski definition) is 6. The molecule has 0 unspecified atom stereocenters. The number of rotatable bonds is 6. The zero-order valence-corrected chi connectivity index (χ0v) is 19.1. The van der Waals surface area contributed by atoms with E-state index in [1.807, 2.05) is 0 Å². The van der Waals surface area contributed by atoms with Crippen LogP contribution in [-0.4, -0.2) is 50.9 Å². The SMILES string of the molecule is Cc1ccc(S(=O)(=O)N(C)C)cc1NC(=O)[C@@H](C)OC(=O)[C@@H]1Cc2cc(Cl)ccc2O1. The first-order valence-electron chi connectivity index (χ1n) is 9.48. The Morgan fingerprint density at radius 3 is 2.61 bits per heavy atom. The van der Waals surface area contributed by atoms with E-state index < -0.39 is 34.1 Å². The van der Waals surface area contributed by atoms with Gasteiger partial charge in [-0.2, -0.15) is 0 Å². The van der Waals surface area contributed by atoms with Crippen LogP contribution in [0.3, 0.4) is 0 Å². The number of fused-ring (bicyclic) bond motifs is 1. The van der Waals surface area contributed by atoms with Crippen molar-refractivity contribution in [2.45, 2.75) is 37.4 Å². The van der Waals surface area contributed by atoms with Crippen LogP contribution in [0.15, 0.2) is 41.3 Å². The summed E-state index contributed by atoms with van der Waals surface area (Å²) < 4.78 is 36.6. The van der Waals surface area contributed by atoms with Crippen molar-refractivity contribution < 1.29 is 27.5 Å². The van der Waals surface area contributed by atoms with Gasteiger partial charge in [-0.15, -0.1) is 0 Å². The molecule has 0 aromatic heterocycles. The van der Waals surface area contributed by atoms with Gasteiger partial charge in [-0.25, -0.2) is 17.5 Å². The van der Waals surface area contributed by atoms with Crippen LogP contribution in [0.25, 0.3) is 0 Å². The summed E-state index contributed by atoms with van der Waals surface area (Å²) >= 11 is 5.96. The van der Waals surface area contributed by atoms with Gasteiger partial charge in [0.1, 0.15) is 5.75 Å². The zero-order valence-electron chi connectivity index (χ0n) is 17.5. The molecular formula is C21H23ClN2O6S. The van der Waals surface area contributed by atoms with Crippen LogP contribution in [0.2, 0.25) is 5.02 Å². The summed E-state index contributed by atoms with van der Waals surface area (Å²) in [5, 5.41) is 3.16. The molecule has 31 heavy (non-hydrogen) atoms. The third-order valence-electron chi connectivity index (χ3n) is 4.87. The van der Waals surface area contributed by atoms with Gasteiger partial charge in [0.2, 0.25) is 10.0 Å². The standard InChI is InChI=1S/C21H23ClN2O6S/c1-12-5-7-16(31(27,28)24(3)4)11-17(12)23-20(25)13(2)29-21(26)19-10-14-9-15(22)6-8-18(14)30-19/h5-9,11,13,19H,10H2,1-4H3,(H,23,25)/t13-,19+/m1/s1. The quantitative estimate of drug-likeness (QED) is 0.657. The molecule has 8 nitrogen and oxygen atoms in total. The van der Waals surface area contributed by atoms with E-state index in [0.717, 1.165) is 9.87 Å². The molecule has 1 N–H and O–H groups in total. The first-order chi connectivity index (χ1) is 14.5. The lowest BCUT2D eigenvalue weighted by atomic mass is 10.1. The monoisotopic (exact) mass is 466 g/mol. The first kappa shape index (κ1) is 23.1. The topological polar surface area (TPSA) is 102 Å². The van der Waals surface area contributed by atoms with Gasteiger partial charge < -0.3 is 14.8 Å². The average Bonchev–Trinajstić information content (AvgIpc) is 3.12. The number of halogens is 1. The summed E-state index contributed by atoms with van der Waals surface area (Å²) in [5.41, 5.74) is 1.77. The van der Waals surface area contributed by atoms with Gasteiger partial charge in [0.25, 0.3) is 5.91 Å². The fourth-order valence-electron chi connectivity index (χ4n) is 2.99. The molecule has 2 aromatic carbocycles. The third kappa shape index (κ3) is 5.00. The molecule has 0 fully saturated rings. The normalized spacial score (nSPS) is 16.4. The highest BCUT2D eigenvalue weighted by Gasteiger charge is 2.33. The fraction of sp³-hybridized carbons (Fsp3) is 0.333. The van der Waals surface area contributed by atoms with Crippen molar-refractivity contribution >= 4 is 39.2 Å². The number of benzene rings is 2. The Kier molecular flexibility index (Phi) is 6.59. The Hall–Kier alpha value is -2.62. The van der Waals surface area contributed by atoms with E-state index in [4.69, 9.17) is 21.1 Å². The average molecular weight is 467 g/mol. The van der Waals surface area contributed by atoms with Gasteiger partial charge in [-0.1, -0.05) is 17.7 Å². The molecular weight excluding hydrogens is 444 g/mol. The number of carbonyl (C=O) groups is 2. The second-order valence-corrected chi connectivity index (χ2v) is 9.98. The zero-order chi connectivity index (χ0) is 22.9. The number of esters is 1. The number of hydrogen-bond donors (Lipinski definition) is 1. The minimum absolute atomic E-state index is 0.0406. The Balaban J connectivity index is 1.65. The predicted octanol–water partition coefficient (Wildman–Crippen LogP) is 2.77. The second kappa shape index (κ2) is 8.86. The van der Waals surface area contributed by atoms with Crippen molar-refractivity contribution in [3.8, 4) is 5.75 Å².